The quantitative estimate of drug-likeness (QED) is 0.801. The van der Waals surface area contributed by atoms with Crippen LogP contribution in [-0.2, 0) is 9.59 Å². The molecule has 0 aliphatic rings. The van der Waals surface area contributed by atoms with Crippen molar-refractivity contribution >= 4 is 29.3 Å². The first-order valence-electron chi connectivity index (χ1n) is 7.91. The molecule has 0 bridgehead atoms. The summed E-state index contributed by atoms with van der Waals surface area (Å²) in [6.45, 7) is 5.74. The summed E-state index contributed by atoms with van der Waals surface area (Å²) in [5.41, 5.74) is 3.52. The van der Waals surface area contributed by atoms with Crippen molar-refractivity contribution in [2.45, 2.75) is 26.7 Å². The van der Waals surface area contributed by atoms with Crippen LogP contribution in [0.3, 0.4) is 0 Å². The third-order valence-electron chi connectivity index (χ3n) is 3.48. The number of hydrogen-bond donors (Lipinski definition) is 2. The second-order valence-electron chi connectivity index (χ2n) is 5.91. The normalized spacial score (nSPS) is 10.8. The number of benzene rings is 2. The monoisotopic (exact) mass is 322 g/mol. The third-order valence-corrected chi connectivity index (χ3v) is 3.48. The van der Waals surface area contributed by atoms with E-state index in [1.54, 1.807) is 30.3 Å². The first kappa shape index (κ1) is 17.5. The van der Waals surface area contributed by atoms with Crippen molar-refractivity contribution in [3.63, 3.8) is 0 Å². The fourth-order valence-electron chi connectivity index (χ4n) is 2.23. The summed E-state index contributed by atoms with van der Waals surface area (Å²) in [4.78, 5) is 23.1. The molecule has 124 valence electrons. The Labute approximate surface area is 142 Å². The van der Waals surface area contributed by atoms with Gasteiger partial charge in [-0.05, 0) is 41.3 Å². The zero-order chi connectivity index (χ0) is 17.5. The molecule has 0 unspecified atom stereocenters. The molecule has 2 amide bonds. The number of rotatable bonds is 5. The highest BCUT2D eigenvalue weighted by Gasteiger charge is 2.01. The predicted octanol–water partition coefficient (Wildman–Crippen LogP) is 4.42. The van der Waals surface area contributed by atoms with Gasteiger partial charge in [-0.3, -0.25) is 9.59 Å². The second-order valence-corrected chi connectivity index (χ2v) is 5.91. The number of carbonyl (C=O) groups excluding carboxylic acids is 2. The number of anilines is 2. The van der Waals surface area contributed by atoms with Crippen molar-refractivity contribution in [3.05, 3.63) is 65.7 Å². The first-order valence-corrected chi connectivity index (χ1v) is 7.91. The van der Waals surface area contributed by atoms with Crippen LogP contribution >= 0.6 is 0 Å². The minimum atomic E-state index is -0.220. The van der Waals surface area contributed by atoms with Crippen LogP contribution in [0.25, 0.3) is 6.08 Å². The van der Waals surface area contributed by atoms with Gasteiger partial charge in [-0.1, -0.05) is 44.2 Å². The molecule has 2 aromatic carbocycles. The third kappa shape index (κ3) is 5.39. The van der Waals surface area contributed by atoms with Crippen LogP contribution in [0.5, 0.6) is 0 Å². The minimum Gasteiger partial charge on any atom is -0.326 e. The summed E-state index contributed by atoms with van der Waals surface area (Å²) in [5.74, 6) is 0.119. The van der Waals surface area contributed by atoms with Crippen LogP contribution in [0.1, 0.15) is 37.8 Å². The highest BCUT2D eigenvalue weighted by atomic mass is 16.2. The molecule has 2 rings (SSSR count). The molecule has 0 aliphatic carbocycles. The van der Waals surface area contributed by atoms with Gasteiger partial charge in [0, 0.05) is 24.4 Å². The van der Waals surface area contributed by atoms with Crippen LogP contribution in [0, 0.1) is 0 Å². The Hall–Kier alpha value is -2.88. The first-order chi connectivity index (χ1) is 11.4. The zero-order valence-electron chi connectivity index (χ0n) is 14.2. The van der Waals surface area contributed by atoms with Crippen LogP contribution in [0.15, 0.2) is 54.6 Å². The minimum absolute atomic E-state index is 0.150. The van der Waals surface area contributed by atoms with E-state index >= 15 is 0 Å². The van der Waals surface area contributed by atoms with Crippen LogP contribution in [0.2, 0.25) is 0 Å². The molecule has 0 saturated carbocycles. The molecule has 0 saturated heterocycles. The number of hydrogen-bond acceptors (Lipinski definition) is 2. The topological polar surface area (TPSA) is 58.2 Å². The van der Waals surface area contributed by atoms with Gasteiger partial charge in [-0.25, -0.2) is 0 Å². The fraction of sp³-hybridized carbons (Fsp3) is 0.200. The van der Waals surface area contributed by atoms with Crippen molar-refractivity contribution in [3.8, 4) is 0 Å². The molecule has 0 radical (unpaired) electrons. The van der Waals surface area contributed by atoms with Gasteiger partial charge >= 0.3 is 0 Å². The molecule has 4 heteroatoms. The van der Waals surface area contributed by atoms with E-state index in [1.807, 2.05) is 12.1 Å². The van der Waals surface area contributed by atoms with Crippen molar-refractivity contribution < 1.29 is 9.59 Å². The van der Waals surface area contributed by atoms with Gasteiger partial charge in [0.25, 0.3) is 0 Å². The summed E-state index contributed by atoms with van der Waals surface area (Å²) in [5, 5.41) is 5.46. The van der Waals surface area contributed by atoms with E-state index in [0.29, 0.717) is 17.3 Å². The zero-order valence-corrected chi connectivity index (χ0v) is 14.2. The van der Waals surface area contributed by atoms with Gasteiger partial charge in [-0.2, -0.15) is 0 Å². The van der Waals surface area contributed by atoms with Crippen LogP contribution in [-0.4, -0.2) is 11.8 Å². The van der Waals surface area contributed by atoms with Crippen molar-refractivity contribution in [1.29, 1.82) is 0 Å². The Morgan fingerprint density at radius 2 is 1.58 bits per heavy atom. The highest BCUT2D eigenvalue weighted by molar-refractivity contribution is 6.02. The van der Waals surface area contributed by atoms with E-state index in [1.165, 1.54) is 18.6 Å². The average Bonchev–Trinajstić information content (AvgIpc) is 2.53. The van der Waals surface area contributed by atoms with Crippen LogP contribution < -0.4 is 10.6 Å². The Bertz CT molecular complexity index is 746. The van der Waals surface area contributed by atoms with Gasteiger partial charge in [0.1, 0.15) is 0 Å². The van der Waals surface area contributed by atoms with Gasteiger partial charge in [-0.15, -0.1) is 0 Å². The molecular weight excluding hydrogens is 300 g/mol. The Kier molecular flexibility index (Phi) is 5.90. The molecule has 2 aromatic rings. The van der Waals surface area contributed by atoms with E-state index in [2.05, 4.69) is 36.6 Å². The van der Waals surface area contributed by atoms with E-state index in [4.69, 9.17) is 0 Å². The molecular formula is C20H22N2O2. The lowest BCUT2D eigenvalue weighted by Gasteiger charge is -2.06. The summed E-state index contributed by atoms with van der Waals surface area (Å²) in [7, 11) is 0. The van der Waals surface area contributed by atoms with Crippen molar-refractivity contribution in [2.24, 2.45) is 0 Å². The lowest BCUT2D eigenvalue weighted by Crippen LogP contribution is -2.09. The largest absolute Gasteiger partial charge is 0.326 e. The lowest BCUT2D eigenvalue weighted by atomic mass is 10.0. The highest BCUT2D eigenvalue weighted by Crippen LogP contribution is 2.16. The van der Waals surface area contributed by atoms with Crippen LogP contribution in [0.4, 0.5) is 11.4 Å². The summed E-state index contributed by atoms with van der Waals surface area (Å²) < 4.78 is 0. The number of nitrogens with one attached hydrogen (secondary N) is 2. The maximum Gasteiger partial charge on any atom is 0.248 e. The molecule has 4 nitrogen and oxygen atoms in total. The van der Waals surface area contributed by atoms with Gasteiger partial charge in [0.15, 0.2) is 0 Å². The van der Waals surface area contributed by atoms with Gasteiger partial charge in [0.05, 0.1) is 0 Å². The van der Waals surface area contributed by atoms with Crippen molar-refractivity contribution in [2.75, 3.05) is 10.6 Å². The summed E-state index contributed by atoms with van der Waals surface area (Å²) in [6.07, 6.45) is 3.27. The molecule has 2 N–H and O–H groups in total. The van der Waals surface area contributed by atoms with Gasteiger partial charge < -0.3 is 10.6 Å². The fourth-order valence-corrected chi connectivity index (χ4v) is 2.23. The van der Waals surface area contributed by atoms with E-state index in [-0.39, 0.29) is 11.8 Å². The molecule has 0 aliphatic heterocycles. The number of amides is 2. The Morgan fingerprint density at radius 3 is 2.17 bits per heavy atom. The standard InChI is InChI=1S/C20H22N2O2/c1-14(2)17-10-7-16(8-11-17)9-12-20(24)22-19-6-4-5-18(13-19)21-15(3)23/h4-14H,1-3H3,(H,21,23)(H,22,24)/b12-9-. The molecule has 0 fully saturated rings. The molecule has 0 heterocycles. The second kappa shape index (κ2) is 8.11. The van der Waals surface area contributed by atoms with Gasteiger partial charge in [0.2, 0.25) is 11.8 Å². The maximum atomic E-state index is 12.0. The average molecular weight is 322 g/mol. The van der Waals surface area contributed by atoms with E-state index in [9.17, 15) is 9.59 Å². The summed E-state index contributed by atoms with van der Waals surface area (Å²) >= 11 is 0. The molecule has 24 heavy (non-hydrogen) atoms. The lowest BCUT2D eigenvalue weighted by molar-refractivity contribution is -0.114. The van der Waals surface area contributed by atoms with E-state index in [0.717, 1.165) is 5.56 Å². The molecule has 0 aromatic heterocycles. The van der Waals surface area contributed by atoms with Crippen molar-refractivity contribution in [1.82, 2.24) is 0 Å². The predicted molar refractivity (Wildman–Crippen MR) is 98.9 cm³/mol. The maximum absolute atomic E-state index is 12.0. The molecule has 0 spiro atoms. The van der Waals surface area contributed by atoms with E-state index < -0.39 is 0 Å². The Morgan fingerprint density at radius 1 is 0.958 bits per heavy atom. The smallest absolute Gasteiger partial charge is 0.248 e. The Balaban J connectivity index is 1.98. The SMILES string of the molecule is CC(=O)Nc1cccc(NC(=O)/C=C\c2ccc(C(C)C)cc2)c1. The molecule has 0 atom stereocenters. The number of carbonyl (C=O) groups is 2. The summed E-state index contributed by atoms with van der Waals surface area (Å²) in [6, 6.07) is 15.2.